The molecule has 0 fully saturated rings. The van der Waals surface area contributed by atoms with Gasteiger partial charge in [-0.2, -0.15) is 0 Å². The van der Waals surface area contributed by atoms with Gasteiger partial charge < -0.3 is 15.7 Å². The Bertz CT molecular complexity index is 464. The van der Waals surface area contributed by atoms with Crippen molar-refractivity contribution in [3.05, 3.63) is 29.3 Å². The predicted molar refractivity (Wildman–Crippen MR) is 61.2 cm³/mol. The first-order chi connectivity index (χ1) is 8.40. The highest BCUT2D eigenvalue weighted by Gasteiger charge is 2.13. The van der Waals surface area contributed by atoms with Gasteiger partial charge in [-0.05, 0) is 19.1 Å². The van der Waals surface area contributed by atoms with E-state index in [1.807, 2.05) is 5.32 Å². The Hall–Kier alpha value is -2.18. The summed E-state index contributed by atoms with van der Waals surface area (Å²) in [5, 5.41) is 13.1. The average molecular weight is 258 g/mol. The van der Waals surface area contributed by atoms with E-state index in [1.165, 1.54) is 12.1 Å². The number of benzene rings is 1. The van der Waals surface area contributed by atoms with Gasteiger partial charge in [0.2, 0.25) is 0 Å². The molecule has 0 radical (unpaired) electrons. The number of carbonyl (C=O) groups excluding carboxylic acids is 1. The van der Waals surface area contributed by atoms with Crippen LogP contribution in [0, 0.1) is 6.92 Å². The van der Waals surface area contributed by atoms with Crippen LogP contribution in [-0.2, 0) is 0 Å². The van der Waals surface area contributed by atoms with Gasteiger partial charge in [-0.15, -0.1) is 0 Å². The number of nitrogens with one attached hydrogen (secondary N) is 2. The van der Waals surface area contributed by atoms with Crippen LogP contribution in [0.4, 0.5) is 19.3 Å². The Balaban J connectivity index is 2.78. The molecule has 18 heavy (non-hydrogen) atoms. The Morgan fingerprint density at radius 3 is 2.61 bits per heavy atom. The zero-order valence-electron chi connectivity index (χ0n) is 9.54. The second-order valence-electron chi connectivity index (χ2n) is 3.58. The number of carboxylic acids is 1. The summed E-state index contributed by atoms with van der Waals surface area (Å²) in [5.74, 6) is -1.21. The first-order valence-corrected chi connectivity index (χ1v) is 5.07. The first kappa shape index (κ1) is 13.9. The molecule has 0 aliphatic carbocycles. The van der Waals surface area contributed by atoms with E-state index < -0.39 is 25.0 Å². The average Bonchev–Trinajstić information content (AvgIpc) is 2.28. The monoisotopic (exact) mass is 258 g/mol. The normalized spacial score (nSPS) is 10.2. The molecule has 5 nitrogen and oxygen atoms in total. The van der Waals surface area contributed by atoms with Crippen LogP contribution in [0.25, 0.3) is 0 Å². The third-order valence-corrected chi connectivity index (χ3v) is 2.07. The van der Waals surface area contributed by atoms with Crippen LogP contribution >= 0.6 is 0 Å². The van der Waals surface area contributed by atoms with Crippen molar-refractivity contribution in [2.45, 2.75) is 13.3 Å². The van der Waals surface area contributed by atoms with Crippen molar-refractivity contribution in [1.82, 2.24) is 5.32 Å². The summed E-state index contributed by atoms with van der Waals surface area (Å²) in [6.07, 6.45) is -2.66. The van der Waals surface area contributed by atoms with E-state index >= 15 is 0 Å². The second kappa shape index (κ2) is 5.95. The Labute approximate surface area is 102 Å². The fourth-order valence-corrected chi connectivity index (χ4v) is 1.28. The van der Waals surface area contributed by atoms with E-state index in [-0.39, 0.29) is 11.3 Å². The molecule has 1 aromatic rings. The Kier molecular flexibility index (Phi) is 4.59. The number of halogens is 2. The van der Waals surface area contributed by atoms with Gasteiger partial charge in [-0.1, -0.05) is 11.6 Å². The number of amides is 2. The lowest BCUT2D eigenvalue weighted by Crippen LogP contribution is -2.33. The molecule has 98 valence electrons. The van der Waals surface area contributed by atoms with E-state index in [0.29, 0.717) is 5.56 Å². The van der Waals surface area contributed by atoms with Gasteiger partial charge in [0.15, 0.2) is 0 Å². The number of urea groups is 1. The van der Waals surface area contributed by atoms with Crippen molar-refractivity contribution < 1.29 is 23.5 Å². The zero-order valence-corrected chi connectivity index (χ0v) is 9.54. The van der Waals surface area contributed by atoms with Gasteiger partial charge in [0.25, 0.3) is 6.43 Å². The molecule has 0 aromatic heterocycles. The molecule has 0 spiro atoms. The molecular formula is C11H12F2N2O3. The first-order valence-electron chi connectivity index (χ1n) is 5.07. The number of aromatic carboxylic acids is 1. The summed E-state index contributed by atoms with van der Waals surface area (Å²) in [7, 11) is 0. The molecule has 0 saturated carbocycles. The molecule has 1 aromatic carbocycles. The molecule has 3 N–H and O–H groups in total. The molecule has 7 heteroatoms. The molecule has 0 saturated heterocycles. The zero-order chi connectivity index (χ0) is 13.7. The fourth-order valence-electron chi connectivity index (χ4n) is 1.28. The maximum Gasteiger partial charge on any atom is 0.337 e. The number of aryl methyl sites for hydroxylation is 1. The smallest absolute Gasteiger partial charge is 0.337 e. The van der Waals surface area contributed by atoms with Crippen LogP contribution in [-0.4, -0.2) is 30.1 Å². The van der Waals surface area contributed by atoms with Gasteiger partial charge >= 0.3 is 12.0 Å². The molecule has 2 amide bonds. The number of carboxylic acid groups (broad SMARTS) is 1. The van der Waals surface area contributed by atoms with Crippen LogP contribution < -0.4 is 10.6 Å². The van der Waals surface area contributed by atoms with Crippen molar-refractivity contribution in [2.24, 2.45) is 0 Å². The Morgan fingerprint density at radius 1 is 1.39 bits per heavy atom. The minimum atomic E-state index is -2.66. The van der Waals surface area contributed by atoms with Crippen LogP contribution in [0.3, 0.4) is 0 Å². The number of rotatable bonds is 4. The van der Waals surface area contributed by atoms with Crippen molar-refractivity contribution in [2.75, 3.05) is 11.9 Å². The van der Waals surface area contributed by atoms with Gasteiger partial charge in [0.1, 0.15) is 0 Å². The van der Waals surface area contributed by atoms with Crippen LogP contribution in [0.2, 0.25) is 0 Å². The predicted octanol–water partition coefficient (Wildman–Crippen LogP) is 2.08. The van der Waals surface area contributed by atoms with E-state index in [9.17, 15) is 18.4 Å². The minimum absolute atomic E-state index is 0.0554. The summed E-state index contributed by atoms with van der Waals surface area (Å²) >= 11 is 0. The van der Waals surface area contributed by atoms with Crippen LogP contribution in [0.15, 0.2) is 18.2 Å². The lowest BCUT2D eigenvalue weighted by Gasteiger charge is -2.10. The highest BCUT2D eigenvalue weighted by Crippen LogP contribution is 2.17. The number of hydrogen-bond acceptors (Lipinski definition) is 2. The lowest BCUT2D eigenvalue weighted by atomic mass is 10.1. The lowest BCUT2D eigenvalue weighted by molar-refractivity contribution is 0.0698. The molecular weight excluding hydrogens is 246 g/mol. The third kappa shape index (κ3) is 4.00. The van der Waals surface area contributed by atoms with E-state index in [0.717, 1.165) is 0 Å². The van der Waals surface area contributed by atoms with Crippen LogP contribution in [0.1, 0.15) is 15.9 Å². The minimum Gasteiger partial charge on any atom is -0.478 e. The van der Waals surface area contributed by atoms with Crippen LogP contribution in [0.5, 0.6) is 0 Å². The maximum absolute atomic E-state index is 11.9. The van der Waals surface area contributed by atoms with Crippen molar-refractivity contribution >= 4 is 17.7 Å². The number of anilines is 1. The molecule has 0 aliphatic heterocycles. The van der Waals surface area contributed by atoms with Gasteiger partial charge in [0, 0.05) is 0 Å². The molecule has 0 aliphatic rings. The number of alkyl halides is 2. The molecule has 1 rings (SSSR count). The summed E-state index contributed by atoms with van der Waals surface area (Å²) in [6.45, 7) is 0.910. The SMILES string of the molecule is Cc1ccc(NC(=O)NCC(F)F)c(C(=O)O)c1. The van der Waals surface area contributed by atoms with Crippen molar-refractivity contribution in [1.29, 1.82) is 0 Å². The summed E-state index contributed by atoms with van der Waals surface area (Å²) in [6, 6.07) is 3.52. The largest absolute Gasteiger partial charge is 0.478 e. The fraction of sp³-hybridized carbons (Fsp3) is 0.273. The molecule has 0 heterocycles. The summed E-state index contributed by atoms with van der Waals surface area (Å²) in [4.78, 5) is 22.2. The second-order valence-corrected chi connectivity index (χ2v) is 3.58. The maximum atomic E-state index is 11.9. The number of carbonyl (C=O) groups is 2. The third-order valence-electron chi connectivity index (χ3n) is 2.07. The molecule has 0 atom stereocenters. The van der Waals surface area contributed by atoms with Gasteiger partial charge in [-0.25, -0.2) is 18.4 Å². The highest BCUT2D eigenvalue weighted by molar-refractivity contribution is 6.00. The van der Waals surface area contributed by atoms with Gasteiger partial charge in [0.05, 0.1) is 17.8 Å². The van der Waals surface area contributed by atoms with Crippen molar-refractivity contribution in [3.8, 4) is 0 Å². The van der Waals surface area contributed by atoms with Gasteiger partial charge in [-0.3, -0.25) is 0 Å². The highest BCUT2D eigenvalue weighted by atomic mass is 19.3. The standard InChI is InChI=1S/C11H12F2N2O3/c1-6-2-3-8(7(4-6)10(16)17)15-11(18)14-5-9(12)13/h2-4,9H,5H2,1H3,(H,16,17)(H2,14,15,18). The Morgan fingerprint density at radius 2 is 2.06 bits per heavy atom. The van der Waals surface area contributed by atoms with E-state index in [4.69, 9.17) is 5.11 Å². The summed E-state index contributed by atoms with van der Waals surface area (Å²) < 4.78 is 23.7. The number of hydrogen-bond donors (Lipinski definition) is 3. The molecule has 0 unspecified atom stereocenters. The summed E-state index contributed by atoms with van der Waals surface area (Å²) in [5.41, 5.74) is 0.674. The van der Waals surface area contributed by atoms with E-state index in [1.54, 1.807) is 13.0 Å². The van der Waals surface area contributed by atoms with E-state index in [2.05, 4.69) is 5.32 Å². The van der Waals surface area contributed by atoms with Crippen molar-refractivity contribution in [3.63, 3.8) is 0 Å². The molecule has 0 bridgehead atoms. The topological polar surface area (TPSA) is 78.4 Å². The quantitative estimate of drug-likeness (QED) is 0.773.